The molecule has 2 atom stereocenters. The minimum absolute atomic E-state index is 0.178. The average molecular weight is 165 g/mol. The average Bonchev–Trinajstić information content (AvgIpc) is 2.59. The molecule has 3 nitrogen and oxygen atoms in total. The van der Waals surface area contributed by atoms with Crippen molar-refractivity contribution in [3.8, 4) is 0 Å². The molecule has 12 heavy (non-hydrogen) atoms. The second-order valence-electron chi connectivity index (χ2n) is 3.94. The molecule has 1 aromatic rings. The third-order valence-corrected chi connectivity index (χ3v) is 2.77. The van der Waals surface area contributed by atoms with E-state index in [0.29, 0.717) is 0 Å². The van der Waals surface area contributed by atoms with Crippen LogP contribution in [0.1, 0.15) is 32.0 Å². The molecule has 1 heterocycles. The smallest absolute Gasteiger partial charge is 0.126 e. The predicted molar refractivity (Wildman–Crippen MR) is 47.5 cm³/mol. The monoisotopic (exact) mass is 165 g/mol. The summed E-state index contributed by atoms with van der Waals surface area (Å²) >= 11 is 0. The van der Waals surface area contributed by atoms with Gasteiger partial charge in [-0.15, -0.1) is 0 Å². The number of nitrogens with two attached hydrogens (primary N) is 1. The number of nitrogens with zero attached hydrogens (tertiary/aromatic N) is 1. The van der Waals surface area contributed by atoms with Crippen LogP contribution >= 0.6 is 0 Å². The lowest BCUT2D eigenvalue weighted by Gasteiger charge is -2.20. The third kappa shape index (κ3) is 1.14. The van der Waals surface area contributed by atoms with E-state index in [-0.39, 0.29) is 5.54 Å². The lowest BCUT2D eigenvalue weighted by molar-refractivity contribution is 0.417. The van der Waals surface area contributed by atoms with Gasteiger partial charge in [-0.05, 0) is 25.2 Å². The summed E-state index contributed by atoms with van der Waals surface area (Å²) in [4.78, 5) is 7.33. The molecule has 1 aliphatic rings. The Labute approximate surface area is 72.4 Å². The van der Waals surface area contributed by atoms with Crippen molar-refractivity contribution in [2.24, 2.45) is 11.7 Å². The van der Waals surface area contributed by atoms with Crippen molar-refractivity contribution in [2.75, 3.05) is 0 Å². The van der Waals surface area contributed by atoms with Gasteiger partial charge in [-0.2, -0.15) is 0 Å². The molecule has 0 bridgehead atoms. The number of aromatic amines is 1. The maximum absolute atomic E-state index is 6.22. The van der Waals surface area contributed by atoms with Gasteiger partial charge < -0.3 is 10.7 Å². The molecule has 1 fully saturated rings. The van der Waals surface area contributed by atoms with Crippen molar-refractivity contribution in [3.63, 3.8) is 0 Å². The molecule has 0 spiro atoms. The molecule has 66 valence electrons. The van der Waals surface area contributed by atoms with Gasteiger partial charge in [0.05, 0.1) is 5.54 Å². The van der Waals surface area contributed by atoms with Crippen molar-refractivity contribution >= 4 is 0 Å². The first kappa shape index (κ1) is 7.80. The van der Waals surface area contributed by atoms with Gasteiger partial charge >= 0.3 is 0 Å². The zero-order valence-electron chi connectivity index (χ0n) is 7.38. The highest BCUT2D eigenvalue weighted by Crippen LogP contribution is 2.37. The molecule has 2 rings (SSSR count). The van der Waals surface area contributed by atoms with Crippen LogP contribution < -0.4 is 5.73 Å². The summed E-state index contributed by atoms with van der Waals surface area (Å²) in [6, 6.07) is 0. The second kappa shape index (κ2) is 2.59. The number of hydrogen-bond acceptors (Lipinski definition) is 2. The van der Waals surface area contributed by atoms with E-state index in [1.807, 2.05) is 6.20 Å². The third-order valence-electron chi connectivity index (χ3n) is 2.77. The van der Waals surface area contributed by atoms with Crippen LogP contribution in [0.2, 0.25) is 0 Å². The molecule has 1 saturated carbocycles. The first-order valence-electron chi connectivity index (χ1n) is 4.49. The van der Waals surface area contributed by atoms with Crippen molar-refractivity contribution in [1.29, 1.82) is 0 Å². The molecule has 3 heteroatoms. The van der Waals surface area contributed by atoms with Crippen LogP contribution in [0.5, 0.6) is 0 Å². The highest BCUT2D eigenvalue weighted by Gasteiger charge is 2.37. The summed E-state index contributed by atoms with van der Waals surface area (Å²) < 4.78 is 0. The Balaban J connectivity index is 2.23. The molecule has 1 aromatic heterocycles. The van der Waals surface area contributed by atoms with Crippen LogP contribution in [0, 0.1) is 5.92 Å². The Bertz CT molecular complexity index is 255. The molecule has 0 radical (unpaired) electrons. The zero-order valence-corrected chi connectivity index (χ0v) is 7.38. The zero-order chi connectivity index (χ0) is 8.60. The van der Waals surface area contributed by atoms with Gasteiger partial charge in [0.15, 0.2) is 0 Å². The van der Waals surface area contributed by atoms with Crippen LogP contribution in [0.4, 0.5) is 0 Å². The molecule has 0 unspecified atom stereocenters. The van der Waals surface area contributed by atoms with E-state index in [2.05, 4.69) is 16.9 Å². The summed E-state index contributed by atoms with van der Waals surface area (Å²) in [5.41, 5.74) is 6.04. The van der Waals surface area contributed by atoms with E-state index in [1.54, 1.807) is 6.20 Å². The minimum Gasteiger partial charge on any atom is -0.347 e. The summed E-state index contributed by atoms with van der Waals surface area (Å²) in [7, 11) is 0. The molecule has 0 aromatic carbocycles. The fraction of sp³-hybridized carbons (Fsp3) is 0.667. The predicted octanol–water partition coefficient (Wildman–Crippen LogP) is 1.38. The molecule has 1 aliphatic carbocycles. The Kier molecular flexibility index (Phi) is 1.68. The second-order valence-corrected chi connectivity index (χ2v) is 3.94. The van der Waals surface area contributed by atoms with Gasteiger partial charge in [0.1, 0.15) is 5.82 Å². The quantitative estimate of drug-likeness (QED) is 0.660. The number of hydrogen-bond donors (Lipinski definition) is 2. The van der Waals surface area contributed by atoms with Gasteiger partial charge in [-0.25, -0.2) is 4.98 Å². The Morgan fingerprint density at radius 3 is 3.08 bits per heavy atom. The van der Waals surface area contributed by atoms with Crippen molar-refractivity contribution in [2.45, 2.75) is 31.7 Å². The lowest BCUT2D eigenvalue weighted by atomic mass is 9.97. The fourth-order valence-corrected chi connectivity index (χ4v) is 2.08. The topological polar surface area (TPSA) is 54.7 Å². The summed E-state index contributed by atoms with van der Waals surface area (Å²) in [6.07, 6.45) is 6.94. The highest BCUT2D eigenvalue weighted by atomic mass is 15.0. The molecule has 0 saturated heterocycles. The van der Waals surface area contributed by atoms with Crippen molar-refractivity contribution < 1.29 is 0 Å². The number of imidazole rings is 1. The lowest BCUT2D eigenvalue weighted by Crippen LogP contribution is -2.34. The maximum Gasteiger partial charge on any atom is 0.126 e. The standard InChI is InChI=1S/C9H15N3/c1-7-2-3-9(10,6-7)8-11-4-5-12-8/h4-5,7H,2-3,6,10H2,1H3,(H,11,12)/t7-,9-/m1/s1. The SMILES string of the molecule is C[C@@H]1CC[C@](N)(c2ncc[nH]2)C1. The Morgan fingerprint density at radius 1 is 1.75 bits per heavy atom. The van der Waals surface area contributed by atoms with Gasteiger partial charge in [0.25, 0.3) is 0 Å². The van der Waals surface area contributed by atoms with Crippen LogP contribution in [-0.2, 0) is 5.54 Å². The number of H-pyrrole nitrogens is 1. The van der Waals surface area contributed by atoms with E-state index in [0.717, 1.165) is 24.6 Å². The largest absolute Gasteiger partial charge is 0.347 e. The van der Waals surface area contributed by atoms with Gasteiger partial charge in [-0.1, -0.05) is 6.92 Å². The maximum atomic E-state index is 6.22. The number of rotatable bonds is 1. The number of nitrogens with one attached hydrogen (secondary N) is 1. The first-order valence-corrected chi connectivity index (χ1v) is 4.49. The Morgan fingerprint density at radius 2 is 2.58 bits per heavy atom. The fourth-order valence-electron chi connectivity index (χ4n) is 2.08. The van der Waals surface area contributed by atoms with Crippen LogP contribution in [0.25, 0.3) is 0 Å². The van der Waals surface area contributed by atoms with E-state index in [4.69, 9.17) is 5.73 Å². The highest BCUT2D eigenvalue weighted by molar-refractivity contribution is 5.08. The minimum atomic E-state index is -0.178. The molecular formula is C9H15N3. The molecule has 0 amide bonds. The van der Waals surface area contributed by atoms with Crippen LogP contribution in [0.3, 0.4) is 0 Å². The van der Waals surface area contributed by atoms with Crippen LogP contribution in [0.15, 0.2) is 12.4 Å². The van der Waals surface area contributed by atoms with Crippen molar-refractivity contribution in [1.82, 2.24) is 9.97 Å². The van der Waals surface area contributed by atoms with E-state index in [1.165, 1.54) is 6.42 Å². The van der Waals surface area contributed by atoms with E-state index in [9.17, 15) is 0 Å². The normalized spacial score (nSPS) is 35.7. The molecule has 3 N–H and O–H groups in total. The molecule has 0 aliphatic heterocycles. The summed E-state index contributed by atoms with van der Waals surface area (Å²) in [5, 5.41) is 0. The summed E-state index contributed by atoms with van der Waals surface area (Å²) in [6.45, 7) is 2.25. The molecular weight excluding hydrogens is 150 g/mol. The van der Waals surface area contributed by atoms with Crippen molar-refractivity contribution in [3.05, 3.63) is 18.2 Å². The van der Waals surface area contributed by atoms with E-state index < -0.39 is 0 Å². The number of aromatic nitrogens is 2. The first-order chi connectivity index (χ1) is 5.71. The van der Waals surface area contributed by atoms with Gasteiger partial charge in [0.2, 0.25) is 0 Å². The van der Waals surface area contributed by atoms with E-state index >= 15 is 0 Å². The van der Waals surface area contributed by atoms with Gasteiger partial charge in [-0.3, -0.25) is 0 Å². The summed E-state index contributed by atoms with van der Waals surface area (Å²) in [5.74, 6) is 1.69. The van der Waals surface area contributed by atoms with Gasteiger partial charge in [0, 0.05) is 12.4 Å². The Hall–Kier alpha value is -0.830. The van der Waals surface area contributed by atoms with Crippen LogP contribution in [-0.4, -0.2) is 9.97 Å².